The van der Waals surface area contributed by atoms with Crippen LogP contribution in [-0.4, -0.2) is 18.0 Å². The van der Waals surface area contributed by atoms with E-state index < -0.39 is 6.03 Å². The summed E-state index contributed by atoms with van der Waals surface area (Å²) in [6.45, 7) is 6.81. The first kappa shape index (κ1) is 18.0. The predicted molar refractivity (Wildman–Crippen MR) is 88.5 cm³/mol. The number of nitrogens with one attached hydrogen (secondary N) is 2. The van der Waals surface area contributed by atoms with Gasteiger partial charge in [-0.1, -0.05) is 38.8 Å². The van der Waals surface area contributed by atoms with Gasteiger partial charge in [-0.2, -0.15) is 0 Å². The lowest BCUT2D eigenvalue weighted by Gasteiger charge is -2.14. The topological polar surface area (TPSA) is 84.2 Å². The van der Waals surface area contributed by atoms with E-state index in [0.29, 0.717) is 18.0 Å². The smallest absolute Gasteiger partial charge is 0.312 e. The van der Waals surface area contributed by atoms with E-state index in [1.807, 2.05) is 19.1 Å². The summed E-state index contributed by atoms with van der Waals surface area (Å²) in [7, 11) is 0. The fourth-order valence-electron chi connectivity index (χ4n) is 2.17. The standard InChI is InChI=1S/C17H27N3O2/c1-12(2)5-4-6-13(3)20-16(21)15-9-7-14(8-10-15)11-19-17(18)22/h7-10,12-13H,4-6,11H2,1-3H3,(H,20,21)(H3,18,19,22)/t13-/m0/s1. The molecule has 1 rings (SSSR count). The summed E-state index contributed by atoms with van der Waals surface area (Å²) in [5.41, 5.74) is 6.54. The van der Waals surface area contributed by atoms with Gasteiger partial charge in [0.25, 0.3) is 5.91 Å². The maximum absolute atomic E-state index is 12.1. The second-order valence-corrected chi connectivity index (χ2v) is 6.11. The maximum atomic E-state index is 12.1. The SMILES string of the molecule is CC(C)CCC[C@H](C)NC(=O)c1ccc(CNC(N)=O)cc1. The Hall–Kier alpha value is -2.04. The molecule has 0 heterocycles. The van der Waals surface area contributed by atoms with Crippen molar-refractivity contribution in [1.82, 2.24) is 10.6 Å². The van der Waals surface area contributed by atoms with Crippen molar-refractivity contribution in [3.63, 3.8) is 0 Å². The fourth-order valence-corrected chi connectivity index (χ4v) is 2.17. The van der Waals surface area contributed by atoms with Crippen LogP contribution in [0.25, 0.3) is 0 Å². The third-order valence-corrected chi connectivity index (χ3v) is 3.48. The van der Waals surface area contributed by atoms with Gasteiger partial charge in [-0.05, 0) is 37.0 Å². The molecule has 0 unspecified atom stereocenters. The average molecular weight is 305 g/mol. The van der Waals surface area contributed by atoms with Crippen molar-refractivity contribution in [1.29, 1.82) is 0 Å². The summed E-state index contributed by atoms with van der Waals surface area (Å²) in [6.07, 6.45) is 3.29. The molecule has 1 aromatic carbocycles. The van der Waals surface area contributed by atoms with E-state index in [0.717, 1.165) is 18.4 Å². The summed E-state index contributed by atoms with van der Waals surface area (Å²) < 4.78 is 0. The third kappa shape index (κ3) is 7.11. The Morgan fingerprint density at radius 2 is 1.73 bits per heavy atom. The molecule has 0 aromatic heterocycles. The molecule has 22 heavy (non-hydrogen) atoms. The van der Waals surface area contributed by atoms with Gasteiger partial charge < -0.3 is 16.4 Å². The van der Waals surface area contributed by atoms with Crippen molar-refractivity contribution in [3.8, 4) is 0 Å². The molecular formula is C17H27N3O2. The lowest BCUT2D eigenvalue weighted by Crippen LogP contribution is -2.32. The molecule has 0 spiro atoms. The fraction of sp³-hybridized carbons (Fsp3) is 0.529. The number of primary amides is 1. The summed E-state index contributed by atoms with van der Waals surface area (Å²) in [4.78, 5) is 22.8. The van der Waals surface area contributed by atoms with Crippen LogP contribution in [0.1, 0.15) is 56.0 Å². The Balaban J connectivity index is 2.43. The van der Waals surface area contributed by atoms with E-state index in [4.69, 9.17) is 5.73 Å². The Morgan fingerprint density at radius 3 is 2.27 bits per heavy atom. The van der Waals surface area contributed by atoms with E-state index in [2.05, 4.69) is 24.5 Å². The normalized spacial score (nSPS) is 12.0. The van der Waals surface area contributed by atoms with Crippen molar-refractivity contribution in [3.05, 3.63) is 35.4 Å². The third-order valence-electron chi connectivity index (χ3n) is 3.48. The van der Waals surface area contributed by atoms with E-state index in [-0.39, 0.29) is 11.9 Å². The molecule has 0 saturated heterocycles. The highest BCUT2D eigenvalue weighted by molar-refractivity contribution is 5.94. The number of carbonyl (C=O) groups excluding carboxylic acids is 2. The highest BCUT2D eigenvalue weighted by atomic mass is 16.2. The highest BCUT2D eigenvalue weighted by Crippen LogP contribution is 2.09. The van der Waals surface area contributed by atoms with Gasteiger partial charge in [0, 0.05) is 18.2 Å². The first-order valence-electron chi connectivity index (χ1n) is 7.81. The summed E-state index contributed by atoms with van der Waals surface area (Å²) in [6, 6.07) is 6.75. The number of nitrogens with two attached hydrogens (primary N) is 1. The zero-order chi connectivity index (χ0) is 16.5. The molecule has 5 nitrogen and oxygen atoms in total. The molecule has 0 saturated carbocycles. The van der Waals surface area contributed by atoms with Crippen LogP contribution in [0.3, 0.4) is 0 Å². The molecule has 0 bridgehead atoms. The number of rotatable bonds is 8. The Morgan fingerprint density at radius 1 is 1.09 bits per heavy atom. The van der Waals surface area contributed by atoms with Gasteiger partial charge in [0.05, 0.1) is 0 Å². The van der Waals surface area contributed by atoms with Gasteiger partial charge in [0.2, 0.25) is 0 Å². The van der Waals surface area contributed by atoms with Gasteiger partial charge in [0.15, 0.2) is 0 Å². The molecular weight excluding hydrogens is 278 g/mol. The number of benzene rings is 1. The van der Waals surface area contributed by atoms with Crippen LogP contribution < -0.4 is 16.4 Å². The predicted octanol–water partition coefficient (Wildman–Crippen LogP) is 2.80. The zero-order valence-electron chi connectivity index (χ0n) is 13.7. The van der Waals surface area contributed by atoms with E-state index in [1.165, 1.54) is 6.42 Å². The molecule has 0 radical (unpaired) electrons. The first-order valence-corrected chi connectivity index (χ1v) is 7.81. The first-order chi connectivity index (χ1) is 10.4. The van der Waals surface area contributed by atoms with Crippen LogP contribution in [0, 0.1) is 5.92 Å². The molecule has 0 aliphatic carbocycles. The largest absolute Gasteiger partial charge is 0.352 e. The molecule has 1 atom stereocenters. The number of hydrogen-bond donors (Lipinski definition) is 3. The minimum atomic E-state index is -0.558. The number of hydrogen-bond acceptors (Lipinski definition) is 2. The van der Waals surface area contributed by atoms with Crippen LogP contribution in [0.4, 0.5) is 4.79 Å². The minimum Gasteiger partial charge on any atom is -0.352 e. The van der Waals surface area contributed by atoms with E-state index in [9.17, 15) is 9.59 Å². The summed E-state index contributed by atoms with van der Waals surface area (Å²) in [5.74, 6) is 0.635. The van der Waals surface area contributed by atoms with Crippen molar-refractivity contribution in [2.45, 2.75) is 52.6 Å². The number of carbonyl (C=O) groups is 2. The second kappa shape index (κ2) is 9.07. The lowest BCUT2D eigenvalue weighted by atomic mass is 10.0. The Kier molecular flexibility index (Phi) is 7.43. The highest BCUT2D eigenvalue weighted by Gasteiger charge is 2.10. The maximum Gasteiger partial charge on any atom is 0.312 e. The monoisotopic (exact) mass is 305 g/mol. The Labute approximate surface area is 132 Å². The van der Waals surface area contributed by atoms with Gasteiger partial charge >= 0.3 is 6.03 Å². The van der Waals surface area contributed by atoms with Crippen LogP contribution in [0.2, 0.25) is 0 Å². The van der Waals surface area contributed by atoms with Crippen LogP contribution >= 0.6 is 0 Å². The summed E-state index contributed by atoms with van der Waals surface area (Å²) in [5, 5.41) is 5.52. The molecule has 4 N–H and O–H groups in total. The molecule has 0 aliphatic heterocycles. The van der Waals surface area contributed by atoms with Crippen LogP contribution in [0.5, 0.6) is 0 Å². The lowest BCUT2D eigenvalue weighted by molar-refractivity contribution is 0.0937. The van der Waals surface area contributed by atoms with Gasteiger partial charge in [-0.15, -0.1) is 0 Å². The van der Waals surface area contributed by atoms with Gasteiger partial charge in [-0.3, -0.25) is 4.79 Å². The van der Waals surface area contributed by atoms with Crippen molar-refractivity contribution in [2.24, 2.45) is 11.7 Å². The molecule has 122 valence electrons. The summed E-state index contributed by atoms with van der Waals surface area (Å²) >= 11 is 0. The van der Waals surface area contributed by atoms with Crippen molar-refractivity contribution in [2.75, 3.05) is 0 Å². The molecule has 5 heteroatoms. The number of urea groups is 1. The van der Waals surface area contributed by atoms with Gasteiger partial charge in [-0.25, -0.2) is 4.79 Å². The van der Waals surface area contributed by atoms with Gasteiger partial charge in [0.1, 0.15) is 0 Å². The van der Waals surface area contributed by atoms with Crippen LogP contribution in [0.15, 0.2) is 24.3 Å². The zero-order valence-corrected chi connectivity index (χ0v) is 13.7. The van der Waals surface area contributed by atoms with Crippen molar-refractivity contribution < 1.29 is 9.59 Å². The second-order valence-electron chi connectivity index (χ2n) is 6.11. The molecule has 0 fully saturated rings. The molecule has 3 amide bonds. The molecule has 1 aromatic rings. The quantitative estimate of drug-likeness (QED) is 0.690. The minimum absolute atomic E-state index is 0.0635. The van der Waals surface area contributed by atoms with E-state index >= 15 is 0 Å². The number of amides is 3. The van der Waals surface area contributed by atoms with E-state index in [1.54, 1.807) is 12.1 Å². The van der Waals surface area contributed by atoms with Crippen LogP contribution in [-0.2, 0) is 6.54 Å². The Bertz CT molecular complexity index is 483. The molecule has 0 aliphatic rings. The van der Waals surface area contributed by atoms with Crippen molar-refractivity contribution >= 4 is 11.9 Å². The average Bonchev–Trinajstić information content (AvgIpc) is 2.45.